The summed E-state index contributed by atoms with van der Waals surface area (Å²) in [6.07, 6.45) is -7.81. The minimum absolute atomic E-state index is 0.0863. The number of pyridine rings is 1. The molecule has 0 aliphatic carbocycles. The fourth-order valence-electron chi connectivity index (χ4n) is 2.36. The van der Waals surface area contributed by atoms with E-state index in [9.17, 15) is 26.3 Å². The number of halogens is 6. The van der Waals surface area contributed by atoms with Gasteiger partial charge >= 0.3 is 12.4 Å². The molecule has 0 unspecified atom stereocenters. The number of aromatic nitrogens is 3. The van der Waals surface area contributed by atoms with E-state index in [1.165, 1.54) is 31.5 Å². The zero-order valence-corrected chi connectivity index (χ0v) is 16.6. The fourth-order valence-corrected chi connectivity index (χ4v) is 3.17. The molecule has 5 nitrogen and oxygen atoms in total. The van der Waals surface area contributed by atoms with Crippen LogP contribution in [0.1, 0.15) is 16.8 Å². The van der Waals surface area contributed by atoms with Crippen LogP contribution < -0.4 is 10.1 Å². The van der Waals surface area contributed by atoms with E-state index in [2.05, 4.69) is 20.3 Å². The van der Waals surface area contributed by atoms with E-state index in [0.717, 1.165) is 30.0 Å². The Hall–Kier alpha value is -3.02. The van der Waals surface area contributed by atoms with E-state index >= 15 is 0 Å². The van der Waals surface area contributed by atoms with Gasteiger partial charge in [-0.15, -0.1) is 0 Å². The van der Waals surface area contributed by atoms with E-state index in [-0.39, 0.29) is 16.7 Å². The zero-order valence-electron chi connectivity index (χ0n) is 15.8. The normalized spacial score (nSPS) is 12.0. The molecule has 0 spiro atoms. The third-order valence-electron chi connectivity index (χ3n) is 3.86. The molecule has 0 amide bonds. The molecule has 3 aromatic rings. The highest BCUT2D eigenvalue weighted by Gasteiger charge is 2.34. The van der Waals surface area contributed by atoms with Crippen molar-refractivity contribution in [2.24, 2.45) is 0 Å². The van der Waals surface area contributed by atoms with E-state index in [1.807, 2.05) is 0 Å². The molecule has 0 saturated carbocycles. The second-order valence-electron chi connectivity index (χ2n) is 6.12. The van der Waals surface area contributed by atoms with Crippen molar-refractivity contribution in [2.45, 2.75) is 23.3 Å². The molecular weight excluding hydrogens is 446 g/mol. The average Bonchev–Trinajstić information content (AvgIpc) is 2.72. The Kier molecular flexibility index (Phi) is 6.58. The van der Waals surface area contributed by atoms with Crippen LogP contribution >= 0.6 is 11.8 Å². The molecule has 164 valence electrons. The molecule has 0 aliphatic rings. The first-order chi connectivity index (χ1) is 14.5. The van der Waals surface area contributed by atoms with Crippen LogP contribution in [0, 0.1) is 0 Å². The Morgan fingerprint density at radius 3 is 2.19 bits per heavy atom. The van der Waals surface area contributed by atoms with Gasteiger partial charge < -0.3 is 10.1 Å². The first kappa shape index (κ1) is 22.7. The number of nitrogens with zero attached hydrogens (tertiary/aromatic N) is 3. The van der Waals surface area contributed by atoms with E-state index in [0.29, 0.717) is 17.1 Å². The predicted octanol–water partition coefficient (Wildman–Crippen LogP) is 5.95. The first-order valence-corrected chi connectivity index (χ1v) is 9.55. The maximum absolute atomic E-state index is 13.2. The van der Waals surface area contributed by atoms with Gasteiger partial charge in [0.1, 0.15) is 5.82 Å². The third kappa shape index (κ3) is 6.23. The molecule has 0 radical (unpaired) electrons. The minimum Gasteiger partial charge on any atom is -0.481 e. The summed E-state index contributed by atoms with van der Waals surface area (Å²) in [5.41, 5.74) is -1.10. The second-order valence-corrected chi connectivity index (χ2v) is 7.06. The van der Waals surface area contributed by atoms with Gasteiger partial charge in [0, 0.05) is 17.9 Å². The van der Waals surface area contributed by atoms with Gasteiger partial charge in [-0.1, -0.05) is 23.9 Å². The van der Waals surface area contributed by atoms with Crippen LogP contribution in [0.5, 0.6) is 5.88 Å². The largest absolute Gasteiger partial charge is 0.481 e. The van der Waals surface area contributed by atoms with Crippen molar-refractivity contribution in [3.8, 4) is 5.88 Å². The van der Waals surface area contributed by atoms with Crippen LogP contribution in [0.3, 0.4) is 0 Å². The van der Waals surface area contributed by atoms with E-state index in [1.54, 1.807) is 6.07 Å². The standard InChI is InChI=1S/C19H14F6N4OS/c1-30-16-7-6-13(9-26-16)27-15-8-14(19(23,24)25)28-17(29-15)31-10-11-2-4-12(5-3-11)18(20,21)22/h2-9H,10H2,1H3,(H,27,28,29). The van der Waals surface area contributed by atoms with Gasteiger partial charge in [-0.25, -0.2) is 15.0 Å². The number of hydrogen-bond acceptors (Lipinski definition) is 6. The smallest absolute Gasteiger partial charge is 0.433 e. The minimum atomic E-state index is -4.71. The summed E-state index contributed by atoms with van der Waals surface area (Å²) in [6, 6.07) is 8.16. The van der Waals surface area contributed by atoms with Crippen molar-refractivity contribution in [1.29, 1.82) is 0 Å². The number of benzene rings is 1. The summed E-state index contributed by atoms with van der Waals surface area (Å²) in [5, 5.41) is 2.54. The molecule has 0 atom stereocenters. The van der Waals surface area contributed by atoms with Crippen molar-refractivity contribution in [1.82, 2.24) is 15.0 Å². The average molecular weight is 460 g/mol. The molecule has 3 rings (SSSR count). The SMILES string of the molecule is COc1ccc(Nc2cc(C(F)(F)F)nc(SCc3ccc(C(F)(F)F)cc3)n2)cn1. The van der Waals surface area contributed by atoms with Gasteiger partial charge in [0.05, 0.1) is 24.6 Å². The molecule has 31 heavy (non-hydrogen) atoms. The quantitative estimate of drug-likeness (QED) is 0.279. The Morgan fingerprint density at radius 2 is 1.65 bits per heavy atom. The molecule has 2 aromatic heterocycles. The van der Waals surface area contributed by atoms with Crippen LogP contribution in [-0.4, -0.2) is 22.1 Å². The van der Waals surface area contributed by atoms with Gasteiger partial charge in [0.25, 0.3) is 0 Å². The Balaban J connectivity index is 1.79. The lowest BCUT2D eigenvalue weighted by molar-refractivity contribution is -0.141. The summed E-state index contributed by atoms with van der Waals surface area (Å²) in [7, 11) is 1.43. The molecule has 12 heteroatoms. The Labute approximate surface area is 176 Å². The van der Waals surface area contributed by atoms with Crippen molar-refractivity contribution < 1.29 is 31.1 Å². The number of rotatable bonds is 6. The van der Waals surface area contributed by atoms with E-state index < -0.39 is 23.6 Å². The van der Waals surface area contributed by atoms with Crippen molar-refractivity contribution in [3.63, 3.8) is 0 Å². The van der Waals surface area contributed by atoms with Crippen molar-refractivity contribution in [3.05, 3.63) is 65.5 Å². The predicted molar refractivity (Wildman–Crippen MR) is 102 cm³/mol. The van der Waals surface area contributed by atoms with Crippen LogP contribution in [-0.2, 0) is 18.1 Å². The van der Waals surface area contributed by atoms with Crippen LogP contribution in [0.4, 0.5) is 37.8 Å². The summed E-state index contributed by atoms with van der Waals surface area (Å²) in [5.74, 6) is 0.310. The number of methoxy groups -OCH3 is 1. The van der Waals surface area contributed by atoms with Crippen LogP contribution in [0.15, 0.2) is 53.8 Å². The lowest BCUT2D eigenvalue weighted by Gasteiger charge is -2.12. The highest BCUT2D eigenvalue weighted by Crippen LogP contribution is 2.33. The fraction of sp³-hybridized carbons (Fsp3) is 0.211. The molecule has 1 N–H and O–H groups in total. The van der Waals surface area contributed by atoms with E-state index in [4.69, 9.17) is 4.74 Å². The van der Waals surface area contributed by atoms with Gasteiger partial charge in [-0.2, -0.15) is 26.3 Å². The number of nitrogens with one attached hydrogen (secondary N) is 1. The number of ether oxygens (including phenoxy) is 1. The molecular formula is C19H14F6N4OS. The van der Waals surface area contributed by atoms with Crippen LogP contribution in [0.25, 0.3) is 0 Å². The summed E-state index contributed by atoms with van der Waals surface area (Å²) in [6.45, 7) is 0. The van der Waals surface area contributed by atoms with Crippen molar-refractivity contribution >= 4 is 23.3 Å². The van der Waals surface area contributed by atoms with Crippen molar-refractivity contribution in [2.75, 3.05) is 12.4 Å². The number of thioether (sulfide) groups is 1. The highest BCUT2D eigenvalue weighted by atomic mass is 32.2. The molecule has 0 aliphatic heterocycles. The first-order valence-electron chi connectivity index (χ1n) is 8.57. The van der Waals surface area contributed by atoms with Crippen LogP contribution in [0.2, 0.25) is 0 Å². The maximum Gasteiger partial charge on any atom is 0.433 e. The van der Waals surface area contributed by atoms with Gasteiger partial charge in [-0.05, 0) is 23.8 Å². The Morgan fingerprint density at radius 1 is 0.935 bits per heavy atom. The third-order valence-corrected chi connectivity index (χ3v) is 4.78. The number of anilines is 2. The lowest BCUT2D eigenvalue weighted by atomic mass is 10.1. The van der Waals surface area contributed by atoms with Gasteiger partial charge in [-0.3, -0.25) is 0 Å². The summed E-state index contributed by atoms with van der Waals surface area (Å²) >= 11 is 0.869. The lowest BCUT2D eigenvalue weighted by Crippen LogP contribution is -2.11. The monoisotopic (exact) mass is 460 g/mol. The number of alkyl halides is 6. The zero-order chi connectivity index (χ0) is 22.6. The summed E-state index contributed by atoms with van der Waals surface area (Å²) in [4.78, 5) is 11.5. The topological polar surface area (TPSA) is 59.9 Å². The Bertz CT molecular complexity index is 1020. The molecule has 0 saturated heterocycles. The maximum atomic E-state index is 13.2. The number of hydrogen-bond donors (Lipinski definition) is 1. The van der Waals surface area contributed by atoms with Gasteiger partial charge in [0.15, 0.2) is 10.9 Å². The van der Waals surface area contributed by atoms with Gasteiger partial charge in [0.2, 0.25) is 5.88 Å². The molecule has 0 bridgehead atoms. The second kappa shape index (κ2) is 9.00. The highest BCUT2D eigenvalue weighted by molar-refractivity contribution is 7.98. The summed E-state index contributed by atoms with van der Waals surface area (Å²) < 4.78 is 82.6. The molecule has 2 heterocycles. The molecule has 1 aromatic carbocycles. The molecule has 0 fully saturated rings.